The molecular formula is C15H28N2O3. The van der Waals surface area contributed by atoms with Gasteiger partial charge in [-0.05, 0) is 25.7 Å². The number of amides is 1. The third-order valence-electron chi connectivity index (χ3n) is 4.49. The summed E-state index contributed by atoms with van der Waals surface area (Å²) in [5.74, 6) is -0.719. The maximum atomic E-state index is 12.4. The van der Waals surface area contributed by atoms with Crippen molar-refractivity contribution in [2.24, 2.45) is 17.1 Å². The van der Waals surface area contributed by atoms with Gasteiger partial charge in [0.2, 0.25) is 5.91 Å². The lowest BCUT2D eigenvalue weighted by Gasteiger charge is -2.40. The molecule has 0 spiro atoms. The molecule has 5 nitrogen and oxygen atoms in total. The van der Waals surface area contributed by atoms with Crippen molar-refractivity contribution in [1.29, 1.82) is 0 Å². The van der Waals surface area contributed by atoms with Gasteiger partial charge in [-0.1, -0.05) is 26.7 Å². The lowest BCUT2D eigenvalue weighted by Crippen LogP contribution is -2.49. The summed E-state index contributed by atoms with van der Waals surface area (Å²) in [6.45, 7) is 5.52. The smallest absolute Gasteiger partial charge is 0.309 e. The molecular weight excluding hydrogens is 256 g/mol. The summed E-state index contributed by atoms with van der Waals surface area (Å²) in [5.41, 5.74) is 5.04. The van der Waals surface area contributed by atoms with Crippen molar-refractivity contribution in [3.8, 4) is 0 Å². The van der Waals surface area contributed by atoms with Crippen molar-refractivity contribution >= 4 is 11.9 Å². The van der Waals surface area contributed by atoms with Crippen LogP contribution in [-0.4, -0.2) is 41.5 Å². The van der Waals surface area contributed by atoms with Crippen LogP contribution in [0.3, 0.4) is 0 Å². The van der Waals surface area contributed by atoms with Crippen molar-refractivity contribution in [3.63, 3.8) is 0 Å². The molecule has 1 unspecified atom stereocenters. The predicted octanol–water partition coefficient (Wildman–Crippen LogP) is 1.85. The molecule has 1 aliphatic rings. The van der Waals surface area contributed by atoms with E-state index in [1.54, 1.807) is 0 Å². The molecule has 0 radical (unpaired) electrons. The summed E-state index contributed by atoms with van der Waals surface area (Å²) in [7, 11) is 0. The fourth-order valence-corrected chi connectivity index (χ4v) is 3.15. The van der Waals surface area contributed by atoms with E-state index in [9.17, 15) is 14.7 Å². The SMILES string of the molecule is CCCC(CN)C(=O)N1CCC(CCC)(C(=O)O)CC1. The molecule has 0 aromatic carbocycles. The minimum atomic E-state index is -0.713. The normalized spacial score (nSPS) is 19.6. The number of carbonyl (C=O) groups excluding carboxylic acids is 1. The first-order valence-corrected chi connectivity index (χ1v) is 7.73. The van der Waals surface area contributed by atoms with Gasteiger partial charge in [-0.15, -0.1) is 0 Å². The quantitative estimate of drug-likeness (QED) is 0.747. The molecule has 0 bridgehead atoms. The number of carboxylic acid groups (broad SMARTS) is 1. The average molecular weight is 284 g/mol. The van der Waals surface area contributed by atoms with Gasteiger partial charge in [0.25, 0.3) is 0 Å². The molecule has 20 heavy (non-hydrogen) atoms. The largest absolute Gasteiger partial charge is 0.481 e. The highest BCUT2D eigenvalue weighted by molar-refractivity contribution is 5.80. The monoisotopic (exact) mass is 284 g/mol. The molecule has 1 amide bonds. The number of nitrogens with zero attached hydrogens (tertiary/aromatic N) is 1. The van der Waals surface area contributed by atoms with E-state index in [0.29, 0.717) is 38.9 Å². The highest BCUT2D eigenvalue weighted by atomic mass is 16.4. The van der Waals surface area contributed by atoms with Crippen LogP contribution >= 0.6 is 0 Å². The van der Waals surface area contributed by atoms with Crippen molar-refractivity contribution in [2.75, 3.05) is 19.6 Å². The summed E-state index contributed by atoms with van der Waals surface area (Å²) in [6, 6.07) is 0. The van der Waals surface area contributed by atoms with Crippen molar-refractivity contribution in [2.45, 2.75) is 52.4 Å². The Morgan fingerprint density at radius 2 is 1.85 bits per heavy atom. The Bertz CT molecular complexity index is 336. The Morgan fingerprint density at radius 3 is 2.25 bits per heavy atom. The van der Waals surface area contributed by atoms with Crippen LogP contribution in [-0.2, 0) is 9.59 Å². The van der Waals surface area contributed by atoms with Gasteiger partial charge < -0.3 is 15.7 Å². The Hall–Kier alpha value is -1.10. The van der Waals surface area contributed by atoms with Gasteiger partial charge in [0.15, 0.2) is 0 Å². The third-order valence-corrected chi connectivity index (χ3v) is 4.49. The van der Waals surface area contributed by atoms with Crippen LogP contribution in [0.15, 0.2) is 0 Å². The molecule has 0 aliphatic carbocycles. The van der Waals surface area contributed by atoms with Gasteiger partial charge in [-0.3, -0.25) is 9.59 Å². The number of rotatable bonds is 7. The lowest BCUT2D eigenvalue weighted by atomic mass is 9.75. The minimum absolute atomic E-state index is 0.102. The van der Waals surface area contributed by atoms with E-state index < -0.39 is 11.4 Å². The first-order chi connectivity index (χ1) is 9.50. The van der Waals surface area contributed by atoms with Crippen LogP contribution in [0.1, 0.15) is 52.4 Å². The topological polar surface area (TPSA) is 83.6 Å². The van der Waals surface area contributed by atoms with Gasteiger partial charge in [0.1, 0.15) is 0 Å². The van der Waals surface area contributed by atoms with Crippen molar-refractivity contribution in [1.82, 2.24) is 4.90 Å². The van der Waals surface area contributed by atoms with Gasteiger partial charge >= 0.3 is 5.97 Å². The Morgan fingerprint density at radius 1 is 1.25 bits per heavy atom. The van der Waals surface area contributed by atoms with Crippen LogP contribution in [0.5, 0.6) is 0 Å². The zero-order chi connectivity index (χ0) is 15.2. The number of carboxylic acids is 1. The van der Waals surface area contributed by atoms with Gasteiger partial charge in [-0.25, -0.2) is 0 Å². The van der Waals surface area contributed by atoms with E-state index in [0.717, 1.165) is 19.3 Å². The first-order valence-electron chi connectivity index (χ1n) is 7.73. The van der Waals surface area contributed by atoms with Crippen LogP contribution < -0.4 is 5.73 Å². The van der Waals surface area contributed by atoms with Crippen LogP contribution in [0, 0.1) is 11.3 Å². The molecule has 1 heterocycles. The van der Waals surface area contributed by atoms with E-state index in [1.807, 2.05) is 18.7 Å². The van der Waals surface area contributed by atoms with E-state index in [4.69, 9.17) is 5.73 Å². The van der Waals surface area contributed by atoms with Crippen molar-refractivity contribution < 1.29 is 14.7 Å². The van der Waals surface area contributed by atoms with Gasteiger partial charge in [-0.2, -0.15) is 0 Å². The average Bonchev–Trinajstić information content (AvgIpc) is 2.45. The number of hydrogen-bond acceptors (Lipinski definition) is 3. The summed E-state index contributed by atoms with van der Waals surface area (Å²) in [5, 5.41) is 9.46. The van der Waals surface area contributed by atoms with E-state index in [2.05, 4.69) is 0 Å². The number of hydrogen-bond donors (Lipinski definition) is 2. The summed E-state index contributed by atoms with van der Waals surface area (Å²) in [6.07, 6.45) is 4.43. The molecule has 1 saturated heterocycles. The Labute approximate surface area is 121 Å². The van der Waals surface area contributed by atoms with Crippen molar-refractivity contribution in [3.05, 3.63) is 0 Å². The molecule has 1 atom stereocenters. The number of aliphatic carboxylic acids is 1. The Kier molecular flexibility index (Phi) is 6.46. The molecule has 3 N–H and O–H groups in total. The molecule has 1 fully saturated rings. The number of nitrogens with two attached hydrogens (primary N) is 1. The fourth-order valence-electron chi connectivity index (χ4n) is 3.15. The van der Waals surface area contributed by atoms with E-state index in [-0.39, 0.29) is 11.8 Å². The van der Waals surface area contributed by atoms with Gasteiger partial charge in [0.05, 0.1) is 11.3 Å². The summed E-state index contributed by atoms with van der Waals surface area (Å²) in [4.78, 5) is 25.7. The second-order valence-corrected chi connectivity index (χ2v) is 5.88. The second-order valence-electron chi connectivity index (χ2n) is 5.88. The first kappa shape index (κ1) is 17.0. The number of likely N-dealkylation sites (tertiary alicyclic amines) is 1. The molecule has 1 rings (SSSR count). The minimum Gasteiger partial charge on any atom is -0.481 e. The van der Waals surface area contributed by atoms with E-state index >= 15 is 0 Å². The maximum absolute atomic E-state index is 12.4. The molecule has 0 saturated carbocycles. The lowest BCUT2D eigenvalue weighted by molar-refractivity contribution is -0.155. The van der Waals surface area contributed by atoms with Crippen LogP contribution in [0.25, 0.3) is 0 Å². The molecule has 0 aromatic heterocycles. The fraction of sp³-hybridized carbons (Fsp3) is 0.867. The second kappa shape index (κ2) is 7.62. The molecule has 1 aliphatic heterocycles. The van der Waals surface area contributed by atoms with Crippen LogP contribution in [0.4, 0.5) is 0 Å². The zero-order valence-electron chi connectivity index (χ0n) is 12.7. The zero-order valence-corrected chi connectivity index (χ0v) is 12.7. The van der Waals surface area contributed by atoms with Gasteiger partial charge in [0, 0.05) is 19.6 Å². The summed E-state index contributed by atoms with van der Waals surface area (Å²) >= 11 is 0. The van der Waals surface area contributed by atoms with Crippen LogP contribution in [0.2, 0.25) is 0 Å². The predicted molar refractivity (Wildman–Crippen MR) is 78.2 cm³/mol. The highest BCUT2D eigenvalue weighted by Crippen LogP contribution is 2.36. The van der Waals surface area contributed by atoms with E-state index in [1.165, 1.54) is 0 Å². The highest BCUT2D eigenvalue weighted by Gasteiger charge is 2.42. The molecule has 0 aromatic rings. The Balaban J connectivity index is 2.64. The number of carbonyl (C=O) groups is 2. The number of piperidine rings is 1. The third kappa shape index (κ3) is 3.72. The maximum Gasteiger partial charge on any atom is 0.309 e. The molecule has 5 heteroatoms. The molecule has 116 valence electrons. The standard InChI is InChI=1S/C15H28N2O3/c1-3-5-12(11-16)13(18)17-9-7-15(6-4-2,8-10-17)14(19)20/h12H,3-11,16H2,1-2H3,(H,19,20). The summed E-state index contributed by atoms with van der Waals surface area (Å²) < 4.78 is 0.